The van der Waals surface area contributed by atoms with Crippen LogP contribution in [0.25, 0.3) is 0 Å². The minimum atomic E-state index is 0.0385. The van der Waals surface area contributed by atoms with Gasteiger partial charge in [0, 0.05) is 23.7 Å². The minimum absolute atomic E-state index is 0.0385. The van der Waals surface area contributed by atoms with Gasteiger partial charge in [-0.25, -0.2) is 0 Å². The summed E-state index contributed by atoms with van der Waals surface area (Å²) in [4.78, 5) is 2.78. The lowest BCUT2D eigenvalue weighted by Crippen LogP contribution is -2.49. The van der Waals surface area contributed by atoms with Crippen molar-refractivity contribution >= 4 is 0 Å². The van der Waals surface area contributed by atoms with Gasteiger partial charge in [-0.2, -0.15) is 0 Å². The van der Waals surface area contributed by atoms with Crippen LogP contribution < -0.4 is 5.32 Å². The molecule has 3 saturated carbocycles. The molecule has 20 heavy (non-hydrogen) atoms. The van der Waals surface area contributed by atoms with E-state index in [0.29, 0.717) is 18.7 Å². The minimum Gasteiger partial charge on any atom is -0.394 e. The van der Waals surface area contributed by atoms with Gasteiger partial charge in [-0.05, 0) is 63.8 Å². The van der Waals surface area contributed by atoms with Crippen LogP contribution in [0.15, 0.2) is 0 Å². The number of hydrogen-bond acceptors (Lipinski definition) is 3. The van der Waals surface area contributed by atoms with E-state index < -0.39 is 0 Å². The van der Waals surface area contributed by atoms with E-state index in [2.05, 4.69) is 24.1 Å². The molecule has 116 valence electrons. The van der Waals surface area contributed by atoms with E-state index in [1.165, 1.54) is 45.1 Å². The number of rotatable bonds is 8. The highest BCUT2D eigenvalue weighted by Gasteiger charge is 2.45. The zero-order chi connectivity index (χ0) is 14.2. The fourth-order valence-corrected chi connectivity index (χ4v) is 3.84. The molecule has 3 aliphatic rings. The molecular formula is C17H32N2O. The van der Waals surface area contributed by atoms with Crippen LogP contribution in [0.3, 0.4) is 0 Å². The smallest absolute Gasteiger partial charge is 0.0614 e. The maximum atomic E-state index is 9.88. The molecule has 0 heterocycles. The fourth-order valence-electron chi connectivity index (χ4n) is 3.84. The Labute approximate surface area is 124 Å². The van der Waals surface area contributed by atoms with Gasteiger partial charge in [0.1, 0.15) is 0 Å². The molecule has 0 amide bonds. The molecule has 0 aromatic heterocycles. The van der Waals surface area contributed by atoms with Gasteiger partial charge in [-0.15, -0.1) is 0 Å². The Hall–Kier alpha value is -0.120. The molecule has 0 saturated heterocycles. The van der Waals surface area contributed by atoms with Crippen LogP contribution in [0.1, 0.15) is 65.2 Å². The maximum absolute atomic E-state index is 9.88. The molecule has 0 bridgehead atoms. The third-order valence-electron chi connectivity index (χ3n) is 5.42. The Morgan fingerprint density at radius 3 is 2.45 bits per heavy atom. The molecule has 3 aliphatic carbocycles. The largest absolute Gasteiger partial charge is 0.394 e. The van der Waals surface area contributed by atoms with Crippen molar-refractivity contribution in [2.24, 2.45) is 5.92 Å². The van der Waals surface area contributed by atoms with Crippen LogP contribution in [0.2, 0.25) is 0 Å². The fraction of sp³-hybridized carbons (Fsp3) is 1.00. The van der Waals surface area contributed by atoms with Gasteiger partial charge in [0.05, 0.1) is 6.61 Å². The second kappa shape index (κ2) is 5.94. The van der Waals surface area contributed by atoms with Crippen LogP contribution in [0.5, 0.6) is 0 Å². The molecule has 3 rings (SSSR count). The summed E-state index contributed by atoms with van der Waals surface area (Å²) in [7, 11) is 0. The SMILES string of the molecule is CC(C)CCN(C1CC1)C1CCC(CO)(NC2CC2)C1. The molecule has 3 fully saturated rings. The van der Waals surface area contributed by atoms with E-state index in [9.17, 15) is 5.11 Å². The zero-order valence-electron chi connectivity index (χ0n) is 13.3. The molecule has 0 spiro atoms. The summed E-state index contributed by atoms with van der Waals surface area (Å²) < 4.78 is 0. The molecule has 2 unspecified atom stereocenters. The lowest BCUT2D eigenvalue weighted by Gasteiger charge is -2.33. The second-order valence-corrected chi connectivity index (χ2v) is 7.91. The van der Waals surface area contributed by atoms with Crippen molar-refractivity contribution in [1.82, 2.24) is 10.2 Å². The van der Waals surface area contributed by atoms with Crippen molar-refractivity contribution < 1.29 is 5.11 Å². The van der Waals surface area contributed by atoms with Gasteiger partial charge >= 0.3 is 0 Å². The third-order valence-corrected chi connectivity index (χ3v) is 5.42. The number of aliphatic hydroxyl groups excluding tert-OH is 1. The van der Waals surface area contributed by atoms with E-state index in [1.807, 2.05) is 0 Å². The van der Waals surface area contributed by atoms with E-state index in [4.69, 9.17) is 0 Å². The topological polar surface area (TPSA) is 35.5 Å². The average Bonchev–Trinajstić information content (AvgIpc) is 3.31. The first-order chi connectivity index (χ1) is 9.62. The van der Waals surface area contributed by atoms with Crippen LogP contribution in [-0.4, -0.2) is 46.8 Å². The van der Waals surface area contributed by atoms with E-state index in [1.54, 1.807) is 0 Å². The number of hydrogen-bond donors (Lipinski definition) is 2. The van der Waals surface area contributed by atoms with Gasteiger partial charge in [0.2, 0.25) is 0 Å². The van der Waals surface area contributed by atoms with Crippen LogP contribution in [-0.2, 0) is 0 Å². The summed E-state index contributed by atoms with van der Waals surface area (Å²) in [5, 5.41) is 13.6. The van der Waals surface area contributed by atoms with Crippen molar-refractivity contribution in [2.75, 3.05) is 13.2 Å². The first-order valence-electron chi connectivity index (χ1n) is 8.76. The molecular weight excluding hydrogens is 248 g/mol. The molecule has 2 N–H and O–H groups in total. The van der Waals surface area contributed by atoms with E-state index >= 15 is 0 Å². The molecule has 0 radical (unpaired) electrons. The van der Waals surface area contributed by atoms with Gasteiger partial charge in [-0.1, -0.05) is 13.8 Å². The first kappa shape index (κ1) is 14.8. The van der Waals surface area contributed by atoms with Gasteiger partial charge in [-0.3, -0.25) is 4.90 Å². The Kier molecular flexibility index (Phi) is 4.40. The van der Waals surface area contributed by atoms with Crippen molar-refractivity contribution in [2.45, 2.75) is 88.9 Å². The number of nitrogens with one attached hydrogen (secondary N) is 1. The van der Waals surface area contributed by atoms with Crippen molar-refractivity contribution in [3.63, 3.8) is 0 Å². The highest BCUT2D eigenvalue weighted by atomic mass is 16.3. The standard InChI is InChI=1S/C17H32N2O/c1-13(2)8-10-19(15-5-6-15)16-7-9-17(11-16,12-20)18-14-3-4-14/h13-16,18,20H,3-12H2,1-2H3. The number of nitrogens with zero attached hydrogens (tertiary/aromatic N) is 1. The molecule has 3 heteroatoms. The maximum Gasteiger partial charge on any atom is 0.0614 e. The quantitative estimate of drug-likeness (QED) is 0.717. The second-order valence-electron chi connectivity index (χ2n) is 7.91. The molecule has 2 atom stereocenters. The van der Waals surface area contributed by atoms with Crippen molar-refractivity contribution in [3.8, 4) is 0 Å². The number of aliphatic hydroxyl groups is 1. The van der Waals surface area contributed by atoms with Crippen LogP contribution >= 0.6 is 0 Å². The predicted molar refractivity (Wildman–Crippen MR) is 82.8 cm³/mol. The summed E-state index contributed by atoms with van der Waals surface area (Å²) >= 11 is 0. The zero-order valence-corrected chi connectivity index (χ0v) is 13.3. The van der Waals surface area contributed by atoms with Crippen molar-refractivity contribution in [1.29, 1.82) is 0 Å². The Morgan fingerprint density at radius 1 is 1.15 bits per heavy atom. The Morgan fingerprint density at radius 2 is 1.90 bits per heavy atom. The summed E-state index contributed by atoms with van der Waals surface area (Å²) in [5.41, 5.74) is 0.0385. The van der Waals surface area contributed by atoms with Crippen molar-refractivity contribution in [3.05, 3.63) is 0 Å². The van der Waals surface area contributed by atoms with Gasteiger partial charge in [0.15, 0.2) is 0 Å². The summed E-state index contributed by atoms with van der Waals surface area (Å²) in [6.45, 7) is 6.24. The van der Waals surface area contributed by atoms with Gasteiger partial charge < -0.3 is 10.4 Å². The normalized spacial score (nSPS) is 34.4. The van der Waals surface area contributed by atoms with Crippen LogP contribution in [0.4, 0.5) is 0 Å². The summed E-state index contributed by atoms with van der Waals surface area (Å²) in [6, 6.07) is 2.26. The molecule has 0 aromatic carbocycles. The van der Waals surface area contributed by atoms with Crippen LogP contribution in [0, 0.1) is 5.92 Å². The van der Waals surface area contributed by atoms with E-state index in [-0.39, 0.29) is 5.54 Å². The lowest BCUT2D eigenvalue weighted by molar-refractivity contribution is 0.134. The molecule has 3 nitrogen and oxygen atoms in total. The highest BCUT2D eigenvalue weighted by Crippen LogP contribution is 2.40. The predicted octanol–water partition coefficient (Wildman–Crippen LogP) is 2.53. The lowest BCUT2D eigenvalue weighted by atomic mass is 9.98. The summed E-state index contributed by atoms with van der Waals surface area (Å²) in [6.07, 6.45) is 10.3. The summed E-state index contributed by atoms with van der Waals surface area (Å²) in [5.74, 6) is 0.796. The molecule has 0 aliphatic heterocycles. The average molecular weight is 280 g/mol. The van der Waals surface area contributed by atoms with Gasteiger partial charge in [0.25, 0.3) is 0 Å². The molecule has 0 aromatic rings. The highest BCUT2D eigenvalue weighted by molar-refractivity contribution is 5.04. The third kappa shape index (κ3) is 3.55. The monoisotopic (exact) mass is 280 g/mol. The Bertz CT molecular complexity index is 325. The first-order valence-corrected chi connectivity index (χ1v) is 8.76. The Balaban J connectivity index is 1.57. The van der Waals surface area contributed by atoms with E-state index in [0.717, 1.165) is 24.8 Å².